The molecule has 5 nitrogen and oxygen atoms in total. The Kier molecular flexibility index (Phi) is 7.34. The van der Waals surface area contributed by atoms with Crippen LogP contribution in [-0.2, 0) is 0 Å². The maximum absolute atomic E-state index is 5.13. The first-order chi connectivity index (χ1) is 15.1. The maximum Gasteiger partial charge on any atom is 0.159 e. The lowest BCUT2D eigenvalue weighted by molar-refractivity contribution is 0.0291. The molecule has 168 valence electrons. The maximum atomic E-state index is 5.13. The number of aromatic nitrogens is 3. The van der Waals surface area contributed by atoms with Gasteiger partial charge in [0.1, 0.15) is 0 Å². The molecule has 31 heavy (non-hydrogen) atoms. The van der Waals surface area contributed by atoms with Gasteiger partial charge in [0.05, 0.1) is 0 Å². The zero-order valence-electron chi connectivity index (χ0n) is 19.7. The number of nitrogens with zero attached hydrogens (tertiary/aromatic N) is 4. The van der Waals surface area contributed by atoms with Gasteiger partial charge in [-0.2, -0.15) is 0 Å². The number of rotatable bonds is 9. The summed E-state index contributed by atoms with van der Waals surface area (Å²) in [6, 6.07) is 7.07. The van der Waals surface area contributed by atoms with E-state index in [9.17, 15) is 0 Å². The van der Waals surface area contributed by atoms with Gasteiger partial charge in [-0.3, -0.25) is 9.88 Å². The first-order valence-corrected chi connectivity index (χ1v) is 12.3. The summed E-state index contributed by atoms with van der Waals surface area (Å²) in [5.41, 5.74) is 3.54. The van der Waals surface area contributed by atoms with Crippen LogP contribution in [0.15, 0.2) is 30.6 Å². The molecule has 3 aliphatic rings. The third-order valence-electron chi connectivity index (χ3n) is 7.30. The van der Waals surface area contributed by atoms with Crippen LogP contribution < -0.4 is 5.32 Å². The molecule has 0 radical (unpaired) electrons. The van der Waals surface area contributed by atoms with E-state index < -0.39 is 0 Å². The molecular formula is C26H39N5. The van der Waals surface area contributed by atoms with Crippen LogP contribution in [0.3, 0.4) is 0 Å². The highest BCUT2D eigenvalue weighted by atomic mass is 15.2. The van der Waals surface area contributed by atoms with Gasteiger partial charge in [-0.25, -0.2) is 9.97 Å². The summed E-state index contributed by atoms with van der Waals surface area (Å²) < 4.78 is 0. The molecule has 2 bridgehead atoms. The van der Waals surface area contributed by atoms with Crippen molar-refractivity contribution in [3.05, 3.63) is 42.0 Å². The summed E-state index contributed by atoms with van der Waals surface area (Å²) in [6.07, 6.45) is 8.49. The lowest BCUT2D eigenvalue weighted by Crippen LogP contribution is -2.55. The van der Waals surface area contributed by atoms with Crippen LogP contribution >= 0.6 is 0 Å². The van der Waals surface area contributed by atoms with Crippen molar-refractivity contribution in [1.82, 2.24) is 25.2 Å². The minimum atomic E-state index is 0.497. The molecule has 2 aromatic rings. The van der Waals surface area contributed by atoms with Crippen molar-refractivity contribution in [3.8, 4) is 11.4 Å². The second-order valence-electron chi connectivity index (χ2n) is 9.88. The highest BCUT2D eigenvalue weighted by Gasteiger charge is 2.41. The van der Waals surface area contributed by atoms with E-state index in [0.717, 1.165) is 49.8 Å². The van der Waals surface area contributed by atoms with E-state index in [4.69, 9.17) is 9.97 Å². The summed E-state index contributed by atoms with van der Waals surface area (Å²) >= 11 is 0. The van der Waals surface area contributed by atoms with E-state index in [1.807, 2.05) is 24.5 Å². The zero-order valence-corrected chi connectivity index (χ0v) is 19.7. The van der Waals surface area contributed by atoms with E-state index in [0.29, 0.717) is 23.8 Å². The Morgan fingerprint density at radius 1 is 1.13 bits per heavy atom. The molecular weight excluding hydrogens is 382 g/mol. The molecule has 0 aliphatic carbocycles. The molecule has 1 unspecified atom stereocenters. The van der Waals surface area contributed by atoms with Gasteiger partial charge in [0.2, 0.25) is 0 Å². The summed E-state index contributed by atoms with van der Waals surface area (Å²) in [5, 5.41) is 3.69. The molecule has 5 heteroatoms. The van der Waals surface area contributed by atoms with Crippen molar-refractivity contribution in [2.75, 3.05) is 26.2 Å². The molecule has 5 rings (SSSR count). The molecule has 3 fully saturated rings. The fourth-order valence-corrected chi connectivity index (χ4v) is 5.45. The van der Waals surface area contributed by atoms with Crippen LogP contribution in [0.4, 0.5) is 0 Å². The average Bonchev–Trinajstić information content (AvgIpc) is 2.80. The van der Waals surface area contributed by atoms with E-state index in [1.165, 1.54) is 30.8 Å². The molecule has 2 aromatic heterocycles. The molecule has 0 amide bonds. The van der Waals surface area contributed by atoms with Crippen LogP contribution in [0, 0.1) is 11.8 Å². The van der Waals surface area contributed by atoms with E-state index in [1.54, 1.807) is 0 Å². The summed E-state index contributed by atoms with van der Waals surface area (Å²) in [6.45, 7) is 13.7. The van der Waals surface area contributed by atoms with Crippen molar-refractivity contribution < 1.29 is 0 Å². The third-order valence-corrected chi connectivity index (χ3v) is 7.30. The molecule has 4 atom stereocenters. The number of hydrogen-bond acceptors (Lipinski definition) is 5. The summed E-state index contributed by atoms with van der Waals surface area (Å²) in [4.78, 5) is 17.0. The third kappa shape index (κ3) is 5.15. The molecule has 3 aliphatic heterocycles. The van der Waals surface area contributed by atoms with Crippen molar-refractivity contribution in [2.45, 2.75) is 71.3 Å². The van der Waals surface area contributed by atoms with Crippen molar-refractivity contribution in [2.24, 2.45) is 11.8 Å². The second kappa shape index (κ2) is 10.2. The number of piperidine rings is 3. The number of pyridine rings is 1. The Hall–Kier alpha value is -1.85. The molecule has 5 heterocycles. The van der Waals surface area contributed by atoms with Gasteiger partial charge >= 0.3 is 0 Å². The SMILES string of the molecule is CCC(CC)c1cc([C@H]2CN3CC[C@H]2C[C@@H]3CNCC(C)C)nc(-c2ccncc2)n1. The molecule has 0 saturated carbocycles. The van der Waals surface area contributed by atoms with Gasteiger partial charge in [0.25, 0.3) is 0 Å². The lowest BCUT2D eigenvalue weighted by Gasteiger charge is -2.50. The van der Waals surface area contributed by atoms with Crippen LogP contribution in [0.5, 0.6) is 0 Å². The smallest absolute Gasteiger partial charge is 0.159 e. The van der Waals surface area contributed by atoms with Crippen molar-refractivity contribution >= 4 is 0 Å². The van der Waals surface area contributed by atoms with Crippen molar-refractivity contribution in [1.29, 1.82) is 0 Å². The minimum Gasteiger partial charge on any atom is -0.315 e. The highest BCUT2D eigenvalue weighted by molar-refractivity contribution is 5.54. The quantitative estimate of drug-likeness (QED) is 0.626. The fraction of sp³-hybridized carbons (Fsp3) is 0.654. The first kappa shape index (κ1) is 22.3. The molecule has 1 N–H and O–H groups in total. The predicted molar refractivity (Wildman–Crippen MR) is 127 cm³/mol. The molecule has 3 saturated heterocycles. The number of fused-ring (bicyclic) bond motifs is 3. The Labute approximate surface area is 188 Å². The van der Waals surface area contributed by atoms with E-state index >= 15 is 0 Å². The van der Waals surface area contributed by atoms with E-state index in [-0.39, 0.29) is 0 Å². The standard InChI is InChI=1S/C26H39N5/c1-5-19(6-2)24-14-25(30-26(29-24)20-7-10-27-11-8-20)23-17-31-12-9-21(23)13-22(31)16-28-15-18(3)4/h7-8,10-11,14,18-19,21-23,28H,5-6,9,12-13,15-17H2,1-4H3/t21-,22+,23-/m0/s1. The van der Waals surface area contributed by atoms with Gasteiger partial charge in [0, 0.05) is 60.3 Å². The normalized spacial score (nSPS) is 25.5. The van der Waals surface area contributed by atoms with Gasteiger partial charge in [-0.1, -0.05) is 27.7 Å². The Bertz CT molecular complexity index is 833. The van der Waals surface area contributed by atoms with Gasteiger partial charge in [-0.15, -0.1) is 0 Å². The van der Waals surface area contributed by atoms with Crippen molar-refractivity contribution in [3.63, 3.8) is 0 Å². The number of nitrogens with one attached hydrogen (secondary N) is 1. The Balaban J connectivity index is 1.58. The van der Waals surface area contributed by atoms with Crippen LogP contribution in [-0.4, -0.2) is 52.1 Å². The van der Waals surface area contributed by atoms with Crippen LogP contribution in [0.2, 0.25) is 0 Å². The Morgan fingerprint density at radius 2 is 1.90 bits per heavy atom. The zero-order chi connectivity index (χ0) is 21.8. The largest absolute Gasteiger partial charge is 0.315 e. The number of hydrogen-bond donors (Lipinski definition) is 1. The van der Waals surface area contributed by atoms with Gasteiger partial charge in [0.15, 0.2) is 5.82 Å². The second-order valence-corrected chi connectivity index (χ2v) is 9.88. The highest BCUT2D eigenvalue weighted by Crippen LogP contribution is 2.42. The first-order valence-electron chi connectivity index (χ1n) is 12.3. The summed E-state index contributed by atoms with van der Waals surface area (Å²) in [7, 11) is 0. The van der Waals surface area contributed by atoms with Gasteiger partial charge < -0.3 is 5.32 Å². The fourth-order valence-electron chi connectivity index (χ4n) is 5.45. The lowest BCUT2D eigenvalue weighted by atomic mass is 9.74. The van der Waals surface area contributed by atoms with E-state index in [2.05, 4.69) is 49.0 Å². The van der Waals surface area contributed by atoms with Crippen LogP contribution in [0.1, 0.15) is 76.6 Å². The monoisotopic (exact) mass is 421 g/mol. The Morgan fingerprint density at radius 3 is 2.55 bits per heavy atom. The van der Waals surface area contributed by atoms with Gasteiger partial charge in [-0.05, 0) is 68.8 Å². The van der Waals surface area contributed by atoms with Crippen LogP contribution in [0.25, 0.3) is 11.4 Å². The molecule has 0 spiro atoms. The minimum absolute atomic E-state index is 0.497. The topological polar surface area (TPSA) is 53.9 Å². The predicted octanol–water partition coefficient (Wildman–Crippen LogP) is 4.87. The molecule has 0 aromatic carbocycles. The summed E-state index contributed by atoms with van der Waals surface area (Å²) in [5.74, 6) is 3.32. The average molecular weight is 422 g/mol.